The van der Waals surface area contributed by atoms with Crippen LogP contribution in [0.15, 0.2) is 35.7 Å². The second-order valence-electron chi connectivity index (χ2n) is 4.40. The third kappa shape index (κ3) is 3.46. The van der Waals surface area contributed by atoms with E-state index < -0.39 is 11.9 Å². The summed E-state index contributed by atoms with van der Waals surface area (Å²) in [6.07, 6.45) is 0.177. The van der Waals surface area contributed by atoms with E-state index in [1.54, 1.807) is 12.1 Å². The van der Waals surface area contributed by atoms with Gasteiger partial charge in [0.2, 0.25) is 0 Å². The molecule has 0 bridgehead atoms. The Morgan fingerprint density at radius 1 is 1.18 bits per heavy atom. The Kier molecular flexibility index (Phi) is 4.40. The number of esters is 1. The van der Waals surface area contributed by atoms with Crippen LogP contribution < -0.4 is 5.32 Å². The molecule has 112 valence electrons. The molecule has 3 aromatic rings. The van der Waals surface area contributed by atoms with Crippen molar-refractivity contribution >= 4 is 51.7 Å². The van der Waals surface area contributed by atoms with Gasteiger partial charge in [-0.25, -0.2) is 0 Å². The summed E-state index contributed by atoms with van der Waals surface area (Å²) in [7, 11) is 0. The molecule has 1 aromatic carbocycles. The minimum absolute atomic E-state index is 0.177. The maximum absolute atomic E-state index is 11.9. The van der Waals surface area contributed by atoms with Crippen LogP contribution >= 0.6 is 23.1 Å². The molecule has 0 unspecified atom stereocenters. The Balaban J connectivity index is 1.54. The van der Waals surface area contributed by atoms with E-state index in [1.807, 2.05) is 23.6 Å². The zero-order valence-corrected chi connectivity index (χ0v) is 12.9. The van der Waals surface area contributed by atoms with Gasteiger partial charge in [0, 0.05) is 4.88 Å². The van der Waals surface area contributed by atoms with Crippen LogP contribution in [0.2, 0.25) is 0 Å². The van der Waals surface area contributed by atoms with E-state index in [9.17, 15) is 9.59 Å². The predicted molar refractivity (Wildman–Crippen MR) is 85.0 cm³/mol. The van der Waals surface area contributed by atoms with Crippen molar-refractivity contribution in [1.29, 1.82) is 0 Å². The minimum Gasteiger partial charge on any atom is -0.455 e. The van der Waals surface area contributed by atoms with Crippen LogP contribution in [0.25, 0.3) is 11.0 Å². The summed E-state index contributed by atoms with van der Waals surface area (Å²) in [5.41, 5.74) is 1.91. The molecule has 6 nitrogen and oxygen atoms in total. The number of carbonyl (C=O) groups is 2. The highest BCUT2D eigenvalue weighted by Gasteiger charge is 2.11. The SMILES string of the molecule is O=C(COC(=O)Cc1cccs1)Nc1cccc2nsnc12. The normalized spacial score (nSPS) is 10.5. The lowest BCUT2D eigenvalue weighted by atomic mass is 10.2. The number of carbonyl (C=O) groups excluding carboxylic acids is 2. The van der Waals surface area contributed by atoms with E-state index >= 15 is 0 Å². The lowest BCUT2D eigenvalue weighted by molar-refractivity contribution is -0.146. The number of rotatable bonds is 5. The number of hydrogen-bond acceptors (Lipinski definition) is 7. The summed E-state index contributed by atoms with van der Waals surface area (Å²) in [6, 6.07) is 9.04. The second kappa shape index (κ2) is 6.63. The Morgan fingerprint density at radius 3 is 2.91 bits per heavy atom. The number of hydrogen-bond donors (Lipinski definition) is 1. The minimum atomic E-state index is -0.425. The van der Waals surface area contributed by atoms with Crippen molar-refractivity contribution in [3.05, 3.63) is 40.6 Å². The van der Waals surface area contributed by atoms with E-state index in [-0.39, 0.29) is 13.0 Å². The first-order valence-electron chi connectivity index (χ1n) is 6.41. The number of thiophene rings is 1. The molecule has 1 amide bonds. The van der Waals surface area contributed by atoms with Crippen molar-refractivity contribution < 1.29 is 14.3 Å². The number of ether oxygens (including phenoxy) is 1. The predicted octanol–water partition coefficient (Wildman–Crippen LogP) is 2.48. The van der Waals surface area contributed by atoms with Gasteiger partial charge < -0.3 is 10.1 Å². The third-order valence-corrected chi connectivity index (χ3v) is 4.24. The van der Waals surface area contributed by atoms with Gasteiger partial charge in [-0.2, -0.15) is 8.75 Å². The lowest BCUT2D eigenvalue weighted by Gasteiger charge is -2.06. The molecule has 0 fully saturated rings. The van der Waals surface area contributed by atoms with E-state index in [0.29, 0.717) is 11.2 Å². The molecule has 8 heteroatoms. The standard InChI is InChI=1S/C14H11N3O3S2/c18-12(8-20-13(19)7-9-3-2-6-21-9)15-10-4-1-5-11-14(10)17-22-16-11/h1-6H,7-8H2,(H,15,18). The maximum Gasteiger partial charge on any atom is 0.311 e. The summed E-state index contributed by atoms with van der Waals surface area (Å²) >= 11 is 2.55. The van der Waals surface area contributed by atoms with E-state index in [2.05, 4.69) is 14.1 Å². The number of aromatic nitrogens is 2. The molecule has 2 aromatic heterocycles. The summed E-state index contributed by atoms with van der Waals surface area (Å²) < 4.78 is 13.2. The fourth-order valence-corrected chi connectivity index (χ4v) is 3.09. The van der Waals surface area contributed by atoms with Crippen molar-refractivity contribution in [3.63, 3.8) is 0 Å². The van der Waals surface area contributed by atoms with Crippen LogP contribution in [-0.4, -0.2) is 27.2 Å². The molecular formula is C14H11N3O3S2. The van der Waals surface area contributed by atoms with Crippen molar-refractivity contribution in [2.24, 2.45) is 0 Å². The summed E-state index contributed by atoms with van der Waals surface area (Å²) in [5.74, 6) is -0.828. The quantitative estimate of drug-likeness (QED) is 0.726. The number of fused-ring (bicyclic) bond motifs is 1. The number of nitrogens with one attached hydrogen (secondary N) is 1. The molecule has 2 heterocycles. The van der Waals surface area contributed by atoms with Gasteiger partial charge in [-0.1, -0.05) is 12.1 Å². The summed E-state index contributed by atoms with van der Waals surface area (Å²) in [6.45, 7) is -0.321. The van der Waals surface area contributed by atoms with Crippen molar-refractivity contribution in [2.75, 3.05) is 11.9 Å². The van der Waals surface area contributed by atoms with Crippen LogP contribution in [-0.2, 0) is 20.7 Å². The molecule has 3 rings (SSSR count). The van der Waals surface area contributed by atoms with Crippen LogP contribution in [0.4, 0.5) is 5.69 Å². The lowest BCUT2D eigenvalue weighted by Crippen LogP contribution is -2.21. The van der Waals surface area contributed by atoms with Gasteiger partial charge in [0.1, 0.15) is 11.0 Å². The van der Waals surface area contributed by atoms with Gasteiger partial charge in [0.05, 0.1) is 23.8 Å². The zero-order valence-electron chi connectivity index (χ0n) is 11.3. The molecule has 0 aliphatic carbocycles. The Morgan fingerprint density at radius 2 is 2.09 bits per heavy atom. The fraction of sp³-hybridized carbons (Fsp3) is 0.143. The van der Waals surface area contributed by atoms with Gasteiger partial charge in [0.25, 0.3) is 5.91 Å². The smallest absolute Gasteiger partial charge is 0.311 e. The zero-order chi connectivity index (χ0) is 15.4. The van der Waals surface area contributed by atoms with E-state index in [4.69, 9.17) is 4.74 Å². The third-order valence-electron chi connectivity index (χ3n) is 2.82. The highest BCUT2D eigenvalue weighted by atomic mass is 32.1. The molecule has 0 aliphatic heterocycles. The molecular weight excluding hydrogens is 322 g/mol. The van der Waals surface area contributed by atoms with Crippen LogP contribution in [0.3, 0.4) is 0 Å². The summed E-state index contributed by atoms with van der Waals surface area (Å²) in [4.78, 5) is 24.4. The van der Waals surface area contributed by atoms with Crippen LogP contribution in [0.1, 0.15) is 4.88 Å². The van der Waals surface area contributed by atoms with Gasteiger partial charge in [0.15, 0.2) is 6.61 Å². The largest absolute Gasteiger partial charge is 0.455 e. The van der Waals surface area contributed by atoms with Gasteiger partial charge in [-0.3, -0.25) is 9.59 Å². The van der Waals surface area contributed by atoms with Crippen molar-refractivity contribution in [1.82, 2.24) is 8.75 Å². The van der Waals surface area contributed by atoms with Crippen molar-refractivity contribution in [2.45, 2.75) is 6.42 Å². The van der Waals surface area contributed by atoms with Gasteiger partial charge >= 0.3 is 5.97 Å². The Bertz CT molecular complexity index is 799. The van der Waals surface area contributed by atoms with Crippen LogP contribution in [0.5, 0.6) is 0 Å². The first kappa shape index (κ1) is 14.6. The summed E-state index contributed by atoms with van der Waals surface area (Å²) in [5, 5.41) is 4.56. The van der Waals surface area contributed by atoms with Crippen molar-refractivity contribution in [3.8, 4) is 0 Å². The molecule has 0 atom stereocenters. The first-order chi connectivity index (χ1) is 10.7. The highest BCUT2D eigenvalue weighted by molar-refractivity contribution is 7.10. The number of amides is 1. The van der Waals surface area contributed by atoms with E-state index in [0.717, 1.165) is 22.1 Å². The molecule has 0 saturated carbocycles. The van der Waals surface area contributed by atoms with Gasteiger partial charge in [-0.15, -0.1) is 11.3 Å². The average Bonchev–Trinajstić information content (AvgIpc) is 3.16. The fourth-order valence-electron chi connectivity index (χ4n) is 1.85. The second-order valence-corrected chi connectivity index (χ2v) is 5.96. The van der Waals surface area contributed by atoms with Gasteiger partial charge in [-0.05, 0) is 23.6 Å². The molecule has 22 heavy (non-hydrogen) atoms. The topological polar surface area (TPSA) is 81.2 Å². The monoisotopic (exact) mass is 333 g/mol. The Hall–Kier alpha value is -2.32. The Labute approximate surface area is 134 Å². The highest BCUT2D eigenvalue weighted by Crippen LogP contribution is 2.20. The molecule has 1 N–H and O–H groups in total. The number of nitrogens with zero attached hydrogens (tertiary/aromatic N) is 2. The first-order valence-corrected chi connectivity index (χ1v) is 8.02. The molecule has 0 radical (unpaired) electrons. The maximum atomic E-state index is 11.9. The average molecular weight is 333 g/mol. The number of anilines is 1. The molecule has 0 saturated heterocycles. The molecule has 0 spiro atoms. The number of benzene rings is 1. The van der Waals surface area contributed by atoms with Crippen LogP contribution in [0, 0.1) is 0 Å². The molecule has 0 aliphatic rings. The van der Waals surface area contributed by atoms with E-state index in [1.165, 1.54) is 11.3 Å².